The topological polar surface area (TPSA) is 120 Å². The number of carbonyl (C=O) groups excluding carboxylic acids is 1. The minimum Gasteiger partial charge on any atom is -0.449 e. The van der Waals surface area contributed by atoms with Gasteiger partial charge in [0.1, 0.15) is 5.75 Å². The molecule has 0 spiro atoms. The van der Waals surface area contributed by atoms with E-state index in [2.05, 4.69) is 10.1 Å². The van der Waals surface area contributed by atoms with Gasteiger partial charge in [-0.3, -0.25) is 19.0 Å². The molecular weight excluding hydrogens is 455 g/mol. The molecule has 0 aliphatic rings. The van der Waals surface area contributed by atoms with Crippen molar-refractivity contribution in [2.75, 3.05) is 0 Å². The first-order valence-electron chi connectivity index (χ1n) is 8.61. The van der Waals surface area contributed by atoms with Crippen LogP contribution < -0.4 is 15.9 Å². The zero-order valence-corrected chi connectivity index (χ0v) is 16.8. The van der Waals surface area contributed by atoms with E-state index in [1.807, 2.05) is 0 Å². The van der Waals surface area contributed by atoms with Crippen molar-refractivity contribution in [1.29, 1.82) is 5.26 Å². The van der Waals surface area contributed by atoms with E-state index in [0.29, 0.717) is 12.6 Å². The molecular formula is C19H11ClF3N5O4. The Morgan fingerprint density at radius 1 is 1.22 bits per heavy atom. The van der Waals surface area contributed by atoms with Crippen molar-refractivity contribution in [2.24, 2.45) is 7.05 Å². The lowest BCUT2D eigenvalue weighted by atomic mass is 10.2. The average molecular weight is 466 g/mol. The summed E-state index contributed by atoms with van der Waals surface area (Å²) in [6.45, 7) is -0.408. The molecule has 3 aromatic rings. The van der Waals surface area contributed by atoms with E-state index in [-0.39, 0.29) is 27.6 Å². The summed E-state index contributed by atoms with van der Waals surface area (Å²) >= 11 is 5.84. The molecule has 0 radical (unpaired) electrons. The van der Waals surface area contributed by atoms with E-state index >= 15 is 0 Å². The van der Waals surface area contributed by atoms with Crippen LogP contribution in [0.3, 0.4) is 0 Å². The molecule has 2 heterocycles. The number of rotatable bonds is 5. The Morgan fingerprint density at radius 2 is 1.94 bits per heavy atom. The predicted molar refractivity (Wildman–Crippen MR) is 104 cm³/mol. The monoisotopic (exact) mass is 465 g/mol. The zero-order chi connectivity index (χ0) is 23.6. The summed E-state index contributed by atoms with van der Waals surface area (Å²) in [6.07, 6.45) is -4.09. The molecule has 0 saturated carbocycles. The Bertz CT molecular complexity index is 1380. The number of carbonyl (C=O) groups is 1. The smallest absolute Gasteiger partial charge is 0.437 e. The number of nitriles is 1. The van der Waals surface area contributed by atoms with Crippen molar-refractivity contribution >= 4 is 17.9 Å². The van der Waals surface area contributed by atoms with Gasteiger partial charge in [0.15, 0.2) is 12.0 Å². The maximum atomic E-state index is 13.5. The Morgan fingerprint density at radius 3 is 2.56 bits per heavy atom. The van der Waals surface area contributed by atoms with Crippen molar-refractivity contribution < 1.29 is 22.7 Å². The van der Waals surface area contributed by atoms with Crippen LogP contribution in [0.25, 0.3) is 0 Å². The van der Waals surface area contributed by atoms with Gasteiger partial charge in [-0.15, -0.1) is 0 Å². The Hall–Kier alpha value is -3.98. The number of ether oxygens (including phenoxy) is 1. The third-order valence-electron chi connectivity index (χ3n) is 4.09. The number of halogens is 4. The van der Waals surface area contributed by atoms with Crippen molar-refractivity contribution in [3.05, 3.63) is 78.8 Å². The summed E-state index contributed by atoms with van der Waals surface area (Å²) < 4.78 is 47.2. The minimum absolute atomic E-state index is 0.000990. The maximum absolute atomic E-state index is 13.5. The highest BCUT2D eigenvalue weighted by Gasteiger charge is 2.38. The summed E-state index contributed by atoms with van der Waals surface area (Å²) in [5, 5.41) is 12.9. The molecule has 9 nitrogen and oxygen atoms in total. The highest BCUT2D eigenvalue weighted by molar-refractivity contribution is 6.30. The van der Waals surface area contributed by atoms with Crippen LogP contribution in [-0.4, -0.2) is 25.6 Å². The molecule has 13 heteroatoms. The molecule has 0 fully saturated rings. The third-order valence-corrected chi connectivity index (χ3v) is 4.30. The van der Waals surface area contributed by atoms with E-state index in [4.69, 9.17) is 21.6 Å². The highest BCUT2D eigenvalue weighted by Crippen LogP contribution is 2.35. The first-order valence-corrected chi connectivity index (χ1v) is 8.99. The molecule has 0 aliphatic heterocycles. The van der Waals surface area contributed by atoms with Gasteiger partial charge in [0, 0.05) is 12.1 Å². The fraction of sp³-hybridized carbons (Fsp3) is 0.158. The number of aldehydes is 1. The lowest BCUT2D eigenvalue weighted by Crippen LogP contribution is -2.29. The second kappa shape index (κ2) is 8.64. The molecule has 0 saturated heterocycles. The van der Waals surface area contributed by atoms with E-state index in [1.54, 1.807) is 6.07 Å². The standard InChI is InChI=1S/C19H11ClF3N5O4/c1-27-17(30)11(8-29)4-13(26-27)7-28-9-25-16(19(21,22)23)15(18(28)31)32-14-3-10(6-24)2-12(20)5-14/h2-5,8-9H,7H2,1H3. The van der Waals surface area contributed by atoms with Gasteiger partial charge in [-0.05, 0) is 24.3 Å². The van der Waals surface area contributed by atoms with Gasteiger partial charge < -0.3 is 4.74 Å². The highest BCUT2D eigenvalue weighted by atomic mass is 35.5. The molecule has 3 rings (SSSR count). The fourth-order valence-corrected chi connectivity index (χ4v) is 2.94. The van der Waals surface area contributed by atoms with Gasteiger partial charge in [-0.1, -0.05) is 11.6 Å². The van der Waals surface area contributed by atoms with Gasteiger partial charge in [0.05, 0.1) is 35.8 Å². The number of aryl methyl sites for hydroxylation is 1. The van der Waals surface area contributed by atoms with Crippen molar-refractivity contribution in [3.8, 4) is 17.6 Å². The largest absolute Gasteiger partial charge is 0.449 e. The van der Waals surface area contributed by atoms with Gasteiger partial charge >= 0.3 is 6.18 Å². The normalized spacial score (nSPS) is 11.1. The van der Waals surface area contributed by atoms with Crippen LogP contribution in [0.1, 0.15) is 27.3 Å². The van der Waals surface area contributed by atoms with Crippen molar-refractivity contribution in [3.63, 3.8) is 0 Å². The van der Waals surface area contributed by atoms with Crippen LogP contribution in [-0.2, 0) is 19.8 Å². The van der Waals surface area contributed by atoms with Gasteiger partial charge in [-0.2, -0.15) is 23.5 Å². The van der Waals surface area contributed by atoms with Crippen LogP contribution >= 0.6 is 11.6 Å². The number of nitrogens with zero attached hydrogens (tertiary/aromatic N) is 5. The first kappa shape index (κ1) is 22.7. The fourth-order valence-electron chi connectivity index (χ4n) is 2.71. The lowest BCUT2D eigenvalue weighted by molar-refractivity contribution is -0.142. The predicted octanol–water partition coefficient (Wildman–Crippen LogP) is 2.53. The Kier molecular flexibility index (Phi) is 6.13. The second-order valence-electron chi connectivity index (χ2n) is 6.38. The number of aromatic nitrogens is 4. The molecule has 0 bridgehead atoms. The molecule has 32 heavy (non-hydrogen) atoms. The molecule has 0 aliphatic carbocycles. The van der Waals surface area contributed by atoms with Crippen LogP contribution in [0.5, 0.6) is 11.5 Å². The molecule has 2 aromatic heterocycles. The average Bonchev–Trinajstić information content (AvgIpc) is 2.72. The lowest BCUT2D eigenvalue weighted by Gasteiger charge is -2.15. The number of benzene rings is 1. The summed E-state index contributed by atoms with van der Waals surface area (Å²) in [6, 6.07) is 6.37. The summed E-state index contributed by atoms with van der Waals surface area (Å²) in [5.41, 5.74) is -3.68. The summed E-state index contributed by atoms with van der Waals surface area (Å²) in [5.74, 6) is -1.42. The van der Waals surface area contributed by atoms with Gasteiger partial charge in [0.2, 0.25) is 5.75 Å². The minimum atomic E-state index is -5.02. The zero-order valence-electron chi connectivity index (χ0n) is 16.1. The van der Waals surface area contributed by atoms with Crippen LogP contribution in [0.4, 0.5) is 13.2 Å². The first-order chi connectivity index (χ1) is 15.0. The SMILES string of the molecule is Cn1nc(Cn2cnc(C(F)(F)F)c(Oc3cc(Cl)cc(C#N)c3)c2=O)cc(C=O)c1=O. The molecule has 164 valence electrons. The third kappa shape index (κ3) is 4.68. The number of hydrogen-bond acceptors (Lipinski definition) is 7. The molecule has 0 unspecified atom stereocenters. The van der Waals surface area contributed by atoms with Gasteiger partial charge in [0.25, 0.3) is 11.1 Å². The van der Waals surface area contributed by atoms with Crippen LogP contribution in [0.15, 0.2) is 40.2 Å². The van der Waals surface area contributed by atoms with Crippen LogP contribution in [0, 0.1) is 11.3 Å². The Labute approximate surface area is 181 Å². The number of hydrogen-bond donors (Lipinski definition) is 0. The molecule has 0 N–H and O–H groups in total. The molecule has 1 aromatic carbocycles. The Balaban J connectivity index is 2.12. The van der Waals surface area contributed by atoms with Crippen LogP contribution in [0.2, 0.25) is 5.02 Å². The quantitative estimate of drug-likeness (QED) is 0.531. The van der Waals surface area contributed by atoms with E-state index < -0.39 is 35.3 Å². The second-order valence-corrected chi connectivity index (χ2v) is 6.82. The molecule has 0 amide bonds. The van der Waals surface area contributed by atoms with Gasteiger partial charge in [-0.25, -0.2) is 9.67 Å². The van der Waals surface area contributed by atoms with E-state index in [1.165, 1.54) is 13.1 Å². The number of alkyl halides is 3. The molecule has 0 atom stereocenters. The van der Waals surface area contributed by atoms with Crippen molar-refractivity contribution in [1.82, 2.24) is 19.3 Å². The summed E-state index contributed by atoms with van der Waals surface area (Å²) in [7, 11) is 1.27. The van der Waals surface area contributed by atoms with E-state index in [9.17, 15) is 27.6 Å². The summed E-state index contributed by atoms with van der Waals surface area (Å²) in [4.78, 5) is 38.9. The van der Waals surface area contributed by atoms with Crippen molar-refractivity contribution in [2.45, 2.75) is 12.7 Å². The maximum Gasteiger partial charge on any atom is 0.437 e. The van der Waals surface area contributed by atoms with E-state index in [0.717, 1.165) is 27.4 Å².